The Kier molecular flexibility index (Phi) is 9.31. The number of aryl methyl sites for hydroxylation is 1. The zero-order chi connectivity index (χ0) is 25.5. The predicted molar refractivity (Wildman–Crippen MR) is 155 cm³/mol. The van der Waals surface area contributed by atoms with Crippen LogP contribution in [0.15, 0.2) is 59.6 Å². The number of carbonyl (C=O) groups excluding carboxylic acids is 2. The molecule has 1 aliphatic rings. The van der Waals surface area contributed by atoms with Crippen LogP contribution in [0.3, 0.4) is 0 Å². The number of amides is 2. The van der Waals surface area contributed by atoms with Gasteiger partial charge in [-0.05, 0) is 49.1 Å². The van der Waals surface area contributed by atoms with E-state index >= 15 is 0 Å². The van der Waals surface area contributed by atoms with Gasteiger partial charge >= 0.3 is 0 Å². The average molecular weight is 556 g/mol. The summed E-state index contributed by atoms with van der Waals surface area (Å²) >= 11 is 14.2. The van der Waals surface area contributed by atoms with Crippen molar-refractivity contribution in [1.82, 2.24) is 9.88 Å². The summed E-state index contributed by atoms with van der Waals surface area (Å²) in [5.41, 5.74) is 3.32. The first-order valence-corrected chi connectivity index (χ1v) is 14.1. The van der Waals surface area contributed by atoms with Crippen LogP contribution >= 0.6 is 46.9 Å². The number of nitrogens with zero attached hydrogens (tertiary/aromatic N) is 2. The Morgan fingerprint density at radius 2 is 1.86 bits per heavy atom. The van der Waals surface area contributed by atoms with Gasteiger partial charge in [0.2, 0.25) is 5.91 Å². The van der Waals surface area contributed by atoms with Crippen molar-refractivity contribution in [1.29, 1.82) is 0 Å². The lowest BCUT2D eigenvalue weighted by Crippen LogP contribution is -2.29. The first kappa shape index (κ1) is 26.5. The lowest BCUT2D eigenvalue weighted by Gasteiger charge is -2.14. The van der Waals surface area contributed by atoms with E-state index in [0.29, 0.717) is 32.3 Å². The van der Waals surface area contributed by atoms with Crippen molar-refractivity contribution in [3.8, 4) is 0 Å². The van der Waals surface area contributed by atoms with Crippen LogP contribution in [-0.2, 0) is 16.0 Å². The van der Waals surface area contributed by atoms with Gasteiger partial charge in [0.05, 0.1) is 4.91 Å². The molecule has 3 aromatic rings. The van der Waals surface area contributed by atoms with Gasteiger partial charge in [-0.25, -0.2) is 4.98 Å². The Hall–Kier alpha value is -2.52. The molecule has 2 aromatic carbocycles. The number of thioether (sulfide) groups is 1. The van der Waals surface area contributed by atoms with E-state index in [9.17, 15) is 9.59 Å². The summed E-state index contributed by atoms with van der Waals surface area (Å²) in [6.07, 6.45) is 7.22. The molecule has 1 aromatic heterocycles. The Balaban J connectivity index is 1.16. The molecule has 0 bridgehead atoms. The zero-order valence-electron chi connectivity index (χ0n) is 19.8. The van der Waals surface area contributed by atoms with Gasteiger partial charge in [0.1, 0.15) is 4.32 Å². The van der Waals surface area contributed by atoms with E-state index in [1.165, 1.54) is 28.7 Å². The largest absolute Gasteiger partial charge is 0.302 e. The fourth-order valence-electron chi connectivity index (χ4n) is 3.67. The van der Waals surface area contributed by atoms with Gasteiger partial charge in [0.25, 0.3) is 5.91 Å². The lowest BCUT2D eigenvalue weighted by molar-refractivity contribution is -0.122. The highest BCUT2D eigenvalue weighted by Crippen LogP contribution is 2.33. The molecule has 36 heavy (non-hydrogen) atoms. The number of carbonyl (C=O) groups is 2. The number of thiazole rings is 1. The zero-order valence-corrected chi connectivity index (χ0v) is 23.0. The van der Waals surface area contributed by atoms with Gasteiger partial charge in [-0.3, -0.25) is 14.5 Å². The maximum absolute atomic E-state index is 12.8. The topological polar surface area (TPSA) is 62.3 Å². The van der Waals surface area contributed by atoms with Crippen LogP contribution in [-0.4, -0.2) is 32.6 Å². The molecule has 0 saturated carbocycles. The van der Waals surface area contributed by atoms with Gasteiger partial charge in [-0.2, -0.15) is 0 Å². The Morgan fingerprint density at radius 1 is 1.11 bits per heavy atom. The van der Waals surface area contributed by atoms with Crippen molar-refractivity contribution in [2.75, 3.05) is 11.9 Å². The first-order chi connectivity index (χ1) is 17.4. The van der Waals surface area contributed by atoms with Crippen molar-refractivity contribution in [3.63, 3.8) is 0 Å². The Morgan fingerprint density at radius 3 is 2.61 bits per heavy atom. The number of aromatic nitrogens is 1. The molecule has 1 fully saturated rings. The van der Waals surface area contributed by atoms with Gasteiger partial charge in [0.15, 0.2) is 5.13 Å². The minimum Gasteiger partial charge on any atom is -0.302 e. The molecule has 2 amide bonds. The summed E-state index contributed by atoms with van der Waals surface area (Å²) in [4.78, 5) is 32.8. The number of nitrogens with one attached hydrogen (secondary N) is 1. The SMILES string of the molecule is Cc1ccc(/C=C2\SC(=S)N(CCCCCC(=O)Nc3ncc(Cc4ccc(Cl)cc4)s3)C2=O)cc1. The van der Waals surface area contributed by atoms with Crippen LogP contribution in [0.25, 0.3) is 6.08 Å². The summed E-state index contributed by atoms with van der Waals surface area (Å²) in [6.45, 7) is 2.60. The smallest absolute Gasteiger partial charge is 0.266 e. The quantitative estimate of drug-likeness (QED) is 0.164. The molecule has 1 N–H and O–H groups in total. The molecule has 1 saturated heterocycles. The molecule has 0 spiro atoms. The second-order valence-electron chi connectivity index (χ2n) is 8.54. The Bertz CT molecular complexity index is 1270. The molecule has 0 atom stereocenters. The van der Waals surface area contributed by atoms with Gasteiger partial charge in [-0.1, -0.05) is 84.0 Å². The fourth-order valence-corrected chi connectivity index (χ4v) is 5.97. The second kappa shape index (κ2) is 12.6. The normalized spacial score (nSPS) is 14.6. The number of halogens is 1. The molecule has 0 radical (unpaired) electrons. The van der Waals surface area contributed by atoms with E-state index in [1.54, 1.807) is 11.1 Å². The summed E-state index contributed by atoms with van der Waals surface area (Å²) in [5.74, 6) is -0.0875. The van der Waals surface area contributed by atoms with Crippen molar-refractivity contribution >= 4 is 74.3 Å². The summed E-state index contributed by atoms with van der Waals surface area (Å²) in [5, 5.41) is 4.21. The van der Waals surface area contributed by atoms with Gasteiger partial charge < -0.3 is 5.32 Å². The van der Waals surface area contributed by atoms with E-state index in [0.717, 1.165) is 41.7 Å². The molecular weight excluding hydrogens is 530 g/mol. The predicted octanol–water partition coefficient (Wildman–Crippen LogP) is 7.10. The van der Waals surface area contributed by atoms with Crippen LogP contribution in [0.4, 0.5) is 5.13 Å². The minimum atomic E-state index is -0.0472. The number of benzene rings is 2. The number of rotatable bonds is 10. The van der Waals surface area contributed by atoms with Crippen LogP contribution in [0.1, 0.15) is 47.3 Å². The Labute approximate surface area is 230 Å². The van der Waals surface area contributed by atoms with E-state index < -0.39 is 0 Å². The molecule has 0 aliphatic carbocycles. The standard InChI is InChI=1S/C27H26ClN3O2S3/c1-18-6-8-20(9-7-18)16-23-25(33)31(27(34)36-23)14-4-2-3-5-24(32)30-26-29-17-22(35-26)15-19-10-12-21(28)13-11-19/h6-13,16-17H,2-5,14-15H2,1H3,(H,29,30,32)/b23-16-. The molecule has 186 valence electrons. The fraction of sp³-hybridized carbons (Fsp3) is 0.259. The number of unbranched alkanes of at least 4 members (excludes halogenated alkanes) is 2. The molecule has 4 rings (SSSR count). The number of anilines is 1. The minimum absolute atomic E-state index is 0.0403. The van der Waals surface area contributed by atoms with Crippen molar-refractivity contribution in [2.45, 2.75) is 39.0 Å². The van der Waals surface area contributed by atoms with Crippen LogP contribution < -0.4 is 5.32 Å². The highest BCUT2D eigenvalue weighted by molar-refractivity contribution is 8.26. The van der Waals surface area contributed by atoms with Crippen LogP contribution in [0, 0.1) is 6.92 Å². The molecule has 0 unspecified atom stereocenters. The van der Waals surface area contributed by atoms with E-state index in [2.05, 4.69) is 10.3 Å². The second-order valence-corrected chi connectivity index (χ2v) is 11.8. The van der Waals surface area contributed by atoms with Crippen molar-refractivity contribution in [2.24, 2.45) is 0 Å². The maximum Gasteiger partial charge on any atom is 0.266 e. The summed E-state index contributed by atoms with van der Waals surface area (Å²) < 4.78 is 0.592. The van der Waals surface area contributed by atoms with Gasteiger partial charge in [-0.15, -0.1) is 11.3 Å². The molecule has 5 nitrogen and oxygen atoms in total. The van der Waals surface area contributed by atoms with Crippen molar-refractivity contribution < 1.29 is 9.59 Å². The highest BCUT2D eigenvalue weighted by atomic mass is 35.5. The molecule has 1 aliphatic heterocycles. The van der Waals surface area contributed by atoms with Crippen LogP contribution in [0.5, 0.6) is 0 Å². The summed E-state index contributed by atoms with van der Waals surface area (Å²) in [6, 6.07) is 15.8. The van der Waals surface area contributed by atoms with E-state index in [4.69, 9.17) is 23.8 Å². The molecular formula is C27H26ClN3O2S3. The van der Waals surface area contributed by atoms with E-state index in [1.807, 2.05) is 61.5 Å². The third-order valence-corrected chi connectivity index (χ3v) is 8.17. The van der Waals surface area contributed by atoms with Gasteiger partial charge in [0, 0.05) is 35.5 Å². The number of hydrogen-bond donors (Lipinski definition) is 1. The first-order valence-electron chi connectivity index (χ1n) is 11.7. The number of thiocarbonyl (C=S) groups is 1. The van der Waals surface area contributed by atoms with Crippen LogP contribution in [0.2, 0.25) is 5.02 Å². The third kappa shape index (κ3) is 7.49. The highest BCUT2D eigenvalue weighted by Gasteiger charge is 2.31. The average Bonchev–Trinajstić information content (AvgIpc) is 3.40. The molecule has 9 heteroatoms. The third-order valence-electron chi connectivity index (χ3n) is 5.63. The van der Waals surface area contributed by atoms with Crippen molar-refractivity contribution in [3.05, 3.63) is 86.2 Å². The van der Waals surface area contributed by atoms with E-state index in [-0.39, 0.29) is 11.8 Å². The monoisotopic (exact) mass is 555 g/mol. The number of hydrogen-bond acceptors (Lipinski definition) is 6. The summed E-state index contributed by atoms with van der Waals surface area (Å²) in [7, 11) is 0. The maximum atomic E-state index is 12.8. The molecule has 2 heterocycles. The lowest BCUT2D eigenvalue weighted by atomic mass is 10.1.